The number of rotatable bonds is 2. The minimum absolute atomic E-state index is 0.0938. The highest BCUT2D eigenvalue weighted by Gasteiger charge is 2.40. The van der Waals surface area contributed by atoms with Gasteiger partial charge in [0.05, 0.1) is 25.2 Å². The fraction of sp³-hybridized carbons (Fsp3) is 0.400. The summed E-state index contributed by atoms with van der Waals surface area (Å²) in [5, 5.41) is 11.1. The Morgan fingerprint density at radius 2 is 2.23 bits per heavy atom. The van der Waals surface area contributed by atoms with E-state index in [0.29, 0.717) is 13.2 Å². The van der Waals surface area contributed by atoms with Crippen LogP contribution >= 0.6 is 15.9 Å². The van der Waals surface area contributed by atoms with Crippen LogP contribution < -0.4 is 0 Å². The third kappa shape index (κ3) is 1.52. The molecule has 1 saturated heterocycles. The fourth-order valence-electron chi connectivity index (χ4n) is 1.50. The van der Waals surface area contributed by atoms with Gasteiger partial charge in [-0.2, -0.15) is 0 Å². The summed E-state index contributed by atoms with van der Waals surface area (Å²) in [6.07, 6.45) is 0. The number of hydrogen-bond donors (Lipinski definition) is 0. The van der Waals surface area contributed by atoms with E-state index in [2.05, 4.69) is 15.9 Å². The molecule has 0 aliphatic carbocycles. The van der Waals surface area contributed by atoms with Gasteiger partial charge >= 0.3 is 0 Å². The van der Waals surface area contributed by atoms with Gasteiger partial charge in [0.1, 0.15) is 0 Å². The summed E-state index contributed by atoms with van der Waals surface area (Å²) in [6.45, 7) is 1.03. The Balaban J connectivity index is 2.33. The van der Waals surface area contributed by atoms with E-state index in [1.807, 2.05) is 24.3 Å². The van der Waals surface area contributed by atoms with Crippen LogP contribution in [0.4, 0.5) is 0 Å². The summed E-state index contributed by atoms with van der Waals surface area (Å²) in [5.74, 6) is 0. The first-order chi connectivity index (χ1) is 6.27. The van der Waals surface area contributed by atoms with Crippen molar-refractivity contribution >= 4 is 15.9 Å². The summed E-state index contributed by atoms with van der Waals surface area (Å²) in [6, 6.07) is 7.91. The second-order valence-electron chi connectivity index (χ2n) is 3.43. The van der Waals surface area contributed by atoms with Crippen LogP contribution in [0.2, 0.25) is 0 Å². The molecular weight excluding hydrogens is 232 g/mol. The lowest BCUT2D eigenvalue weighted by molar-refractivity contribution is -0.0964. The summed E-state index contributed by atoms with van der Waals surface area (Å²) in [7, 11) is 0. The standard InChI is InChI=1S/C10H10BrO2/c11-9-3-1-2-8(4-9)10(5-12)6-13-7-10/h1-4H,5-7H2. The lowest BCUT2D eigenvalue weighted by atomic mass is 9.79. The van der Waals surface area contributed by atoms with Gasteiger partial charge in [-0.15, -0.1) is 0 Å². The van der Waals surface area contributed by atoms with Crippen molar-refractivity contribution in [2.24, 2.45) is 0 Å². The molecule has 0 N–H and O–H groups in total. The number of benzene rings is 1. The van der Waals surface area contributed by atoms with Crippen molar-refractivity contribution < 1.29 is 9.84 Å². The van der Waals surface area contributed by atoms with Gasteiger partial charge in [0, 0.05) is 4.47 Å². The number of ether oxygens (including phenoxy) is 1. The monoisotopic (exact) mass is 241 g/mol. The zero-order valence-corrected chi connectivity index (χ0v) is 8.71. The van der Waals surface area contributed by atoms with Gasteiger partial charge < -0.3 is 4.74 Å². The molecule has 1 aromatic carbocycles. The molecule has 3 heteroatoms. The smallest absolute Gasteiger partial charge is 0.0963 e. The Hall–Kier alpha value is -0.380. The van der Waals surface area contributed by atoms with Crippen LogP contribution in [-0.4, -0.2) is 19.8 Å². The molecule has 2 nitrogen and oxygen atoms in total. The molecule has 2 rings (SSSR count). The molecule has 0 aromatic heterocycles. The maximum absolute atomic E-state index is 11.1. The van der Waals surface area contributed by atoms with Crippen molar-refractivity contribution in [1.29, 1.82) is 0 Å². The van der Waals surface area contributed by atoms with Crippen LogP contribution in [0.25, 0.3) is 0 Å². The Kier molecular flexibility index (Phi) is 2.41. The summed E-state index contributed by atoms with van der Waals surface area (Å²) in [4.78, 5) is 0. The maximum atomic E-state index is 11.1. The molecule has 0 spiro atoms. The van der Waals surface area contributed by atoms with E-state index in [9.17, 15) is 5.11 Å². The van der Waals surface area contributed by atoms with Gasteiger partial charge in [-0.3, -0.25) is 0 Å². The molecule has 13 heavy (non-hydrogen) atoms. The Labute approximate surface area is 85.7 Å². The minimum Gasteiger partial charge on any atom is -0.379 e. The molecule has 1 aliphatic rings. The number of halogens is 1. The number of hydrogen-bond acceptors (Lipinski definition) is 1. The van der Waals surface area contributed by atoms with Crippen molar-refractivity contribution in [2.75, 3.05) is 19.8 Å². The normalized spacial score (nSPS) is 19.5. The van der Waals surface area contributed by atoms with E-state index >= 15 is 0 Å². The van der Waals surface area contributed by atoms with E-state index in [-0.39, 0.29) is 12.0 Å². The third-order valence-electron chi connectivity index (χ3n) is 2.47. The van der Waals surface area contributed by atoms with Crippen LogP contribution in [0, 0.1) is 0 Å². The highest BCUT2D eigenvalue weighted by molar-refractivity contribution is 9.10. The molecule has 0 unspecified atom stereocenters. The van der Waals surface area contributed by atoms with Crippen molar-refractivity contribution in [3.8, 4) is 0 Å². The van der Waals surface area contributed by atoms with Crippen molar-refractivity contribution in [2.45, 2.75) is 5.41 Å². The van der Waals surface area contributed by atoms with E-state index in [1.165, 1.54) is 0 Å². The fourth-order valence-corrected chi connectivity index (χ4v) is 1.90. The predicted molar refractivity (Wildman–Crippen MR) is 52.2 cm³/mol. The van der Waals surface area contributed by atoms with E-state index in [0.717, 1.165) is 10.0 Å². The molecule has 1 fully saturated rings. The lowest BCUT2D eigenvalue weighted by Crippen LogP contribution is -2.49. The third-order valence-corrected chi connectivity index (χ3v) is 2.96. The van der Waals surface area contributed by atoms with E-state index in [4.69, 9.17) is 4.74 Å². The largest absolute Gasteiger partial charge is 0.379 e. The predicted octanol–water partition coefficient (Wildman–Crippen LogP) is 2.15. The first kappa shape index (κ1) is 9.19. The zero-order chi connectivity index (χ0) is 9.31. The summed E-state index contributed by atoms with van der Waals surface area (Å²) >= 11 is 3.39. The SMILES string of the molecule is [O]CC1(c2cccc(Br)c2)COC1. The van der Waals surface area contributed by atoms with Gasteiger partial charge in [0.15, 0.2) is 0 Å². The van der Waals surface area contributed by atoms with Crippen LogP contribution in [0.5, 0.6) is 0 Å². The first-order valence-electron chi connectivity index (χ1n) is 4.19. The molecule has 0 amide bonds. The lowest BCUT2D eigenvalue weighted by Gasteiger charge is -2.39. The van der Waals surface area contributed by atoms with Crippen LogP contribution in [0.1, 0.15) is 5.56 Å². The molecule has 1 radical (unpaired) electrons. The van der Waals surface area contributed by atoms with Crippen molar-refractivity contribution in [3.05, 3.63) is 34.3 Å². The average molecular weight is 242 g/mol. The quantitative estimate of drug-likeness (QED) is 0.781. The van der Waals surface area contributed by atoms with Crippen molar-refractivity contribution in [3.63, 3.8) is 0 Å². The van der Waals surface area contributed by atoms with Crippen LogP contribution in [-0.2, 0) is 15.3 Å². The van der Waals surface area contributed by atoms with E-state index < -0.39 is 0 Å². The topological polar surface area (TPSA) is 29.1 Å². The Bertz CT molecular complexity index is 302. The molecule has 0 bridgehead atoms. The average Bonchev–Trinajstić information content (AvgIpc) is 2.03. The Morgan fingerprint density at radius 1 is 1.46 bits per heavy atom. The molecule has 69 valence electrons. The van der Waals surface area contributed by atoms with Gasteiger partial charge in [0.2, 0.25) is 0 Å². The molecule has 0 atom stereocenters. The van der Waals surface area contributed by atoms with Crippen LogP contribution in [0.15, 0.2) is 28.7 Å². The second kappa shape index (κ2) is 3.40. The second-order valence-corrected chi connectivity index (χ2v) is 4.34. The van der Waals surface area contributed by atoms with Gasteiger partial charge in [-0.25, -0.2) is 5.11 Å². The molecule has 1 aliphatic heterocycles. The maximum Gasteiger partial charge on any atom is 0.0963 e. The van der Waals surface area contributed by atoms with Gasteiger partial charge in [0.25, 0.3) is 0 Å². The van der Waals surface area contributed by atoms with Gasteiger partial charge in [-0.05, 0) is 17.7 Å². The van der Waals surface area contributed by atoms with Gasteiger partial charge in [-0.1, -0.05) is 28.1 Å². The Morgan fingerprint density at radius 3 is 2.69 bits per heavy atom. The van der Waals surface area contributed by atoms with Crippen molar-refractivity contribution in [1.82, 2.24) is 0 Å². The van der Waals surface area contributed by atoms with E-state index in [1.54, 1.807) is 0 Å². The molecular formula is C10H10BrO2. The highest BCUT2D eigenvalue weighted by Crippen LogP contribution is 2.33. The minimum atomic E-state index is -0.260. The zero-order valence-electron chi connectivity index (χ0n) is 7.13. The molecule has 1 heterocycles. The summed E-state index contributed by atoms with van der Waals surface area (Å²) in [5.41, 5.74) is 0.826. The first-order valence-corrected chi connectivity index (χ1v) is 4.98. The summed E-state index contributed by atoms with van der Waals surface area (Å²) < 4.78 is 6.13. The molecule has 0 saturated carbocycles. The highest BCUT2D eigenvalue weighted by atomic mass is 79.9. The van der Waals surface area contributed by atoms with Crippen LogP contribution in [0.3, 0.4) is 0 Å². The molecule has 1 aromatic rings.